The van der Waals surface area contributed by atoms with E-state index in [9.17, 15) is 0 Å². The van der Waals surface area contributed by atoms with E-state index in [0.717, 1.165) is 16.7 Å². The first-order valence-electron chi connectivity index (χ1n) is 17.1. The number of aromatic nitrogens is 4. The molecule has 1 aliphatic rings. The second-order valence-corrected chi connectivity index (χ2v) is 13.4. The zero-order valence-corrected chi connectivity index (χ0v) is 30.7. The molecule has 0 saturated carbocycles. The van der Waals surface area contributed by atoms with Gasteiger partial charge >= 0.3 is 6.18 Å². The number of anilines is 3. The number of nitrogens with two attached hydrogens (primary N) is 1. The maximum Gasteiger partial charge on any atom is 0.418 e. The lowest BCUT2D eigenvalue weighted by Crippen LogP contribution is -2.31. The van der Waals surface area contributed by atoms with Crippen LogP contribution in [0, 0.1) is 6.92 Å². The number of hydrogen-bond acceptors (Lipinski definition) is 10. The van der Waals surface area contributed by atoms with Crippen LogP contribution in [0.15, 0.2) is 85.5 Å². The molecule has 0 bridgehead atoms. The van der Waals surface area contributed by atoms with Gasteiger partial charge in [-0.2, -0.15) is 13.2 Å². The van der Waals surface area contributed by atoms with Crippen molar-refractivity contribution in [3.8, 4) is 28.5 Å². The largest absolute Gasteiger partial charge is 0.497 e. The average molecular weight is 756 g/mol. The molecular formula is C40H37ClF3N7O3. The van der Waals surface area contributed by atoms with Crippen molar-refractivity contribution in [1.29, 1.82) is 0 Å². The molecule has 4 heterocycles. The van der Waals surface area contributed by atoms with Gasteiger partial charge in [0.05, 0.1) is 59.7 Å². The number of aryl methyl sites for hydroxylation is 1. The third-order valence-corrected chi connectivity index (χ3v) is 9.89. The van der Waals surface area contributed by atoms with Crippen molar-refractivity contribution in [3.63, 3.8) is 0 Å². The number of alkyl halides is 3. The fourth-order valence-corrected chi connectivity index (χ4v) is 7.07. The number of nitrogen functional groups attached to an aromatic ring is 1. The number of methoxy groups -OCH3 is 2. The molecule has 1 atom stereocenters. The standard InChI is InChI=1S/C40H37ClF3N7O3/c1-23-15-33(50(20-25-5-9-29(52-3)10-6-25)21-26-7-11-30(53-4)12-8-26)49-37(35(23)40(42,43)44)31-17-32-34-38(36(31)41)54-14-13-51(39(34)48-22-47-32)24(2)27-16-28(45)19-46-18-27/h5-12,15-19,22,24H,13-14,20-21,45H2,1-4H3/t24-/m0/s1. The Kier molecular flexibility index (Phi) is 10.1. The lowest BCUT2D eigenvalue weighted by Gasteiger charge is -2.29. The van der Waals surface area contributed by atoms with Crippen molar-refractivity contribution in [1.82, 2.24) is 19.9 Å². The maximum atomic E-state index is 15.1. The molecular weight excluding hydrogens is 719 g/mol. The molecule has 278 valence electrons. The van der Waals surface area contributed by atoms with E-state index in [1.807, 2.05) is 71.3 Å². The van der Waals surface area contributed by atoms with Crippen molar-refractivity contribution in [2.75, 3.05) is 42.9 Å². The molecule has 0 radical (unpaired) electrons. The topological polar surface area (TPSA) is 112 Å². The van der Waals surface area contributed by atoms with Crippen LogP contribution in [-0.4, -0.2) is 47.3 Å². The molecule has 14 heteroatoms. The Labute approximate surface area is 315 Å². The lowest BCUT2D eigenvalue weighted by molar-refractivity contribution is -0.137. The van der Waals surface area contributed by atoms with E-state index >= 15 is 13.2 Å². The zero-order valence-electron chi connectivity index (χ0n) is 30.0. The highest BCUT2D eigenvalue weighted by Crippen LogP contribution is 2.49. The number of pyridine rings is 2. The number of hydrogen-bond donors (Lipinski definition) is 1. The van der Waals surface area contributed by atoms with Crippen molar-refractivity contribution < 1.29 is 27.4 Å². The monoisotopic (exact) mass is 755 g/mol. The molecule has 0 spiro atoms. The summed E-state index contributed by atoms with van der Waals surface area (Å²) in [6.45, 7) is 4.66. The Morgan fingerprint density at radius 3 is 2.19 bits per heavy atom. The van der Waals surface area contributed by atoms with Crippen LogP contribution < -0.4 is 29.7 Å². The first-order valence-corrected chi connectivity index (χ1v) is 17.5. The molecule has 2 N–H and O–H groups in total. The van der Waals surface area contributed by atoms with Gasteiger partial charge in [0.2, 0.25) is 0 Å². The summed E-state index contributed by atoms with van der Waals surface area (Å²) in [6.07, 6.45) is -0.0798. The lowest BCUT2D eigenvalue weighted by atomic mass is 9.98. The van der Waals surface area contributed by atoms with Crippen LogP contribution in [0.25, 0.3) is 22.2 Å². The molecule has 0 aliphatic carbocycles. The third kappa shape index (κ3) is 7.23. The molecule has 0 amide bonds. The molecule has 3 aromatic heterocycles. The van der Waals surface area contributed by atoms with Crippen molar-refractivity contribution in [2.24, 2.45) is 0 Å². The fraction of sp³-hybridized carbons (Fsp3) is 0.250. The van der Waals surface area contributed by atoms with Crippen LogP contribution in [0.1, 0.15) is 40.8 Å². The van der Waals surface area contributed by atoms with E-state index in [0.29, 0.717) is 59.4 Å². The summed E-state index contributed by atoms with van der Waals surface area (Å²) in [5, 5.41) is 0.458. The Balaban J connectivity index is 1.38. The van der Waals surface area contributed by atoms with Crippen LogP contribution in [-0.2, 0) is 19.3 Å². The quantitative estimate of drug-likeness (QED) is 0.146. The minimum Gasteiger partial charge on any atom is -0.497 e. The average Bonchev–Trinajstić information content (AvgIpc) is 3.36. The van der Waals surface area contributed by atoms with E-state index in [4.69, 9.17) is 36.5 Å². The Morgan fingerprint density at radius 2 is 1.59 bits per heavy atom. The molecule has 0 unspecified atom stereocenters. The highest BCUT2D eigenvalue weighted by molar-refractivity contribution is 6.36. The highest BCUT2D eigenvalue weighted by Gasteiger charge is 2.39. The maximum absolute atomic E-state index is 15.1. The molecule has 3 aromatic carbocycles. The van der Waals surface area contributed by atoms with Crippen LogP contribution in [0.2, 0.25) is 5.02 Å². The van der Waals surface area contributed by atoms with E-state index in [-0.39, 0.29) is 40.2 Å². The van der Waals surface area contributed by atoms with E-state index in [1.165, 1.54) is 25.4 Å². The molecule has 1 aliphatic heterocycles. The van der Waals surface area contributed by atoms with Gasteiger partial charge in [0.25, 0.3) is 0 Å². The predicted octanol–water partition coefficient (Wildman–Crippen LogP) is 8.83. The van der Waals surface area contributed by atoms with Gasteiger partial charge in [-0.15, -0.1) is 0 Å². The Hall–Kier alpha value is -5.82. The molecule has 7 rings (SSSR count). The fourth-order valence-electron chi connectivity index (χ4n) is 6.78. The van der Waals surface area contributed by atoms with Gasteiger partial charge in [0.1, 0.15) is 36.1 Å². The molecule has 10 nitrogen and oxygen atoms in total. The van der Waals surface area contributed by atoms with Gasteiger partial charge in [0.15, 0.2) is 5.75 Å². The predicted molar refractivity (Wildman–Crippen MR) is 203 cm³/mol. The second kappa shape index (κ2) is 14.9. The minimum absolute atomic E-state index is 0.0148. The first kappa shape index (κ1) is 36.5. The summed E-state index contributed by atoms with van der Waals surface area (Å²) in [5.41, 5.74) is 8.35. The van der Waals surface area contributed by atoms with Crippen molar-refractivity contribution in [2.45, 2.75) is 39.2 Å². The number of nitrogens with zero attached hydrogens (tertiary/aromatic N) is 6. The summed E-state index contributed by atoms with van der Waals surface area (Å²) in [4.78, 5) is 22.1. The molecule has 54 heavy (non-hydrogen) atoms. The smallest absolute Gasteiger partial charge is 0.418 e. The van der Waals surface area contributed by atoms with E-state index in [1.54, 1.807) is 26.6 Å². The third-order valence-electron chi connectivity index (χ3n) is 9.51. The minimum atomic E-state index is -4.76. The molecule has 0 fully saturated rings. The molecule has 6 aromatic rings. The van der Waals surface area contributed by atoms with Crippen LogP contribution in [0.4, 0.5) is 30.5 Å². The first-order chi connectivity index (χ1) is 25.9. The van der Waals surface area contributed by atoms with E-state index < -0.39 is 11.7 Å². The number of halogens is 4. The summed E-state index contributed by atoms with van der Waals surface area (Å²) in [6, 6.07) is 19.6. The summed E-state index contributed by atoms with van der Waals surface area (Å²) in [7, 11) is 3.17. The Bertz CT molecular complexity index is 2260. The van der Waals surface area contributed by atoms with Crippen LogP contribution in [0.3, 0.4) is 0 Å². The summed E-state index contributed by atoms with van der Waals surface area (Å²) in [5.74, 6) is 2.40. The number of ether oxygens (including phenoxy) is 3. The van der Waals surface area contributed by atoms with Gasteiger partial charge < -0.3 is 29.7 Å². The molecule has 0 saturated heterocycles. The van der Waals surface area contributed by atoms with Gasteiger partial charge in [-0.25, -0.2) is 15.0 Å². The van der Waals surface area contributed by atoms with Crippen LogP contribution >= 0.6 is 11.6 Å². The SMILES string of the molecule is COc1ccc(CN(Cc2ccc(OC)cc2)c2cc(C)c(C(F)(F)F)c(-c3cc4ncnc5c4c(c3Cl)OCCN5[C@@H](C)c3cncc(N)c3)n2)cc1. The second-order valence-electron chi connectivity index (χ2n) is 13.0. The van der Waals surface area contributed by atoms with E-state index in [2.05, 4.69) is 15.0 Å². The van der Waals surface area contributed by atoms with Crippen molar-refractivity contribution in [3.05, 3.63) is 118 Å². The van der Waals surface area contributed by atoms with Crippen molar-refractivity contribution >= 4 is 39.8 Å². The van der Waals surface area contributed by atoms with Gasteiger partial charge in [0, 0.05) is 31.0 Å². The number of benzene rings is 3. The number of rotatable bonds is 10. The Morgan fingerprint density at radius 1 is 0.944 bits per heavy atom. The summed E-state index contributed by atoms with van der Waals surface area (Å²) < 4.78 is 62.1. The van der Waals surface area contributed by atoms with Gasteiger partial charge in [-0.05, 0) is 78.6 Å². The zero-order chi connectivity index (χ0) is 38.1. The summed E-state index contributed by atoms with van der Waals surface area (Å²) >= 11 is 7.12. The van der Waals surface area contributed by atoms with Gasteiger partial charge in [-0.1, -0.05) is 35.9 Å². The normalized spacial score (nSPS) is 13.3. The highest BCUT2D eigenvalue weighted by atomic mass is 35.5. The van der Waals surface area contributed by atoms with Gasteiger partial charge in [-0.3, -0.25) is 4.98 Å². The van der Waals surface area contributed by atoms with Crippen LogP contribution in [0.5, 0.6) is 17.2 Å².